The molecule has 3 rings (SSSR count). The van der Waals surface area contributed by atoms with Crippen LogP contribution in [0.3, 0.4) is 0 Å². The molecule has 1 heterocycles. The summed E-state index contributed by atoms with van der Waals surface area (Å²) in [5.74, 6) is -0.850. The highest BCUT2D eigenvalue weighted by Crippen LogP contribution is 2.40. The monoisotopic (exact) mass is 407 g/mol. The molecule has 1 aliphatic rings. The Morgan fingerprint density at radius 1 is 1.24 bits per heavy atom. The summed E-state index contributed by atoms with van der Waals surface area (Å²) >= 11 is 3.25. The summed E-state index contributed by atoms with van der Waals surface area (Å²) in [6, 6.07) is 8.60. The summed E-state index contributed by atoms with van der Waals surface area (Å²) < 4.78 is 24.1. The number of amides is 1. The van der Waals surface area contributed by atoms with Crippen molar-refractivity contribution >= 4 is 27.8 Å². The summed E-state index contributed by atoms with van der Waals surface area (Å²) in [6.45, 7) is 0.186. The van der Waals surface area contributed by atoms with Crippen LogP contribution in [0.5, 0.6) is 5.75 Å². The topological polar surface area (TPSA) is 55.8 Å². The lowest BCUT2D eigenvalue weighted by Gasteiger charge is -2.23. The van der Waals surface area contributed by atoms with Crippen molar-refractivity contribution in [1.29, 1.82) is 0 Å². The molecule has 130 valence electrons. The SMILES string of the molecule is COC(=O)[C@H]1c2c(Br)cc(F)cc2C(=O)N1Cc1ccc(OC)cc1. The number of carbonyl (C=O) groups is 2. The van der Waals surface area contributed by atoms with Gasteiger partial charge in [-0.15, -0.1) is 0 Å². The molecule has 2 aromatic carbocycles. The van der Waals surface area contributed by atoms with Crippen LogP contribution in [0.25, 0.3) is 0 Å². The van der Waals surface area contributed by atoms with Crippen molar-refractivity contribution in [3.05, 3.63) is 63.4 Å². The lowest BCUT2D eigenvalue weighted by atomic mass is 10.0. The van der Waals surface area contributed by atoms with Gasteiger partial charge in [-0.05, 0) is 29.8 Å². The fourth-order valence-electron chi connectivity index (χ4n) is 2.91. The maximum Gasteiger partial charge on any atom is 0.333 e. The van der Waals surface area contributed by atoms with E-state index in [2.05, 4.69) is 15.9 Å². The quantitative estimate of drug-likeness (QED) is 0.728. The number of methoxy groups -OCH3 is 2. The van der Waals surface area contributed by atoms with Gasteiger partial charge in [0.15, 0.2) is 6.04 Å². The largest absolute Gasteiger partial charge is 0.497 e. The van der Waals surface area contributed by atoms with E-state index in [1.165, 1.54) is 18.1 Å². The van der Waals surface area contributed by atoms with Crippen molar-refractivity contribution in [2.45, 2.75) is 12.6 Å². The number of fused-ring (bicyclic) bond motifs is 1. The molecule has 5 nitrogen and oxygen atoms in total. The van der Waals surface area contributed by atoms with E-state index in [0.717, 1.165) is 11.6 Å². The van der Waals surface area contributed by atoms with Gasteiger partial charge in [-0.2, -0.15) is 0 Å². The third-order valence-electron chi connectivity index (χ3n) is 4.11. The van der Waals surface area contributed by atoms with Crippen LogP contribution < -0.4 is 4.74 Å². The highest BCUT2D eigenvalue weighted by atomic mass is 79.9. The van der Waals surface area contributed by atoms with Gasteiger partial charge in [-0.25, -0.2) is 9.18 Å². The summed E-state index contributed by atoms with van der Waals surface area (Å²) in [4.78, 5) is 26.5. The van der Waals surface area contributed by atoms with Crippen LogP contribution in [0.15, 0.2) is 40.9 Å². The molecule has 0 fully saturated rings. The predicted octanol–water partition coefficient (Wildman–Crippen LogP) is 3.47. The van der Waals surface area contributed by atoms with E-state index >= 15 is 0 Å². The summed E-state index contributed by atoms with van der Waals surface area (Å²) in [5.41, 5.74) is 1.40. The molecular weight excluding hydrogens is 393 g/mol. The number of rotatable bonds is 4. The third-order valence-corrected chi connectivity index (χ3v) is 4.76. The van der Waals surface area contributed by atoms with Crippen LogP contribution in [0.4, 0.5) is 4.39 Å². The van der Waals surface area contributed by atoms with Crippen molar-refractivity contribution in [3.8, 4) is 5.75 Å². The maximum atomic E-state index is 13.7. The van der Waals surface area contributed by atoms with Crippen LogP contribution >= 0.6 is 15.9 Å². The van der Waals surface area contributed by atoms with Gasteiger partial charge in [-0.3, -0.25) is 4.79 Å². The minimum absolute atomic E-state index is 0.163. The average molecular weight is 408 g/mol. The van der Waals surface area contributed by atoms with E-state index in [9.17, 15) is 14.0 Å². The zero-order valence-electron chi connectivity index (χ0n) is 13.6. The molecule has 0 N–H and O–H groups in total. The number of esters is 1. The second-order valence-corrected chi connectivity index (χ2v) is 6.41. The number of hydrogen-bond acceptors (Lipinski definition) is 4. The summed E-state index contributed by atoms with van der Waals surface area (Å²) in [7, 11) is 2.82. The molecule has 2 aromatic rings. The first-order valence-corrected chi connectivity index (χ1v) is 8.26. The summed E-state index contributed by atoms with van der Waals surface area (Å²) in [6.07, 6.45) is 0. The van der Waals surface area contributed by atoms with E-state index in [0.29, 0.717) is 15.8 Å². The Balaban J connectivity index is 2.01. The van der Waals surface area contributed by atoms with Gasteiger partial charge < -0.3 is 14.4 Å². The van der Waals surface area contributed by atoms with Crippen LogP contribution in [0.2, 0.25) is 0 Å². The van der Waals surface area contributed by atoms with Crippen LogP contribution in [-0.2, 0) is 16.1 Å². The number of halogens is 2. The van der Waals surface area contributed by atoms with E-state index in [-0.39, 0.29) is 12.1 Å². The van der Waals surface area contributed by atoms with E-state index < -0.39 is 23.7 Å². The third kappa shape index (κ3) is 3.11. The second kappa shape index (κ2) is 6.84. The molecule has 0 spiro atoms. The Bertz CT molecular complexity index is 838. The van der Waals surface area contributed by atoms with Gasteiger partial charge in [0.2, 0.25) is 0 Å². The van der Waals surface area contributed by atoms with E-state index in [1.54, 1.807) is 31.4 Å². The number of carbonyl (C=O) groups excluding carboxylic acids is 2. The highest BCUT2D eigenvalue weighted by Gasteiger charge is 2.43. The van der Waals surface area contributed by atoms with Crippen molar-refractivity contribution in [1.82, 2.24) is 4.90 Å². The van der Waals surface area contributed by atoms with Crippen LogP contribution in [0.1, 0.15) is 27.5 Å². The Morgan fingerprint density at radius 3 is 2.52 bits per heavy atom. The fraction of sp³-hybridized carbons (Fsp3) is 0.222. The van der Waals surface area contributed by atoms with Crippen molar-refractivity contribution in [2.24, 2.45) is 0 Å². The van der Waals surface area contributed by atoms with E-state index in [1.807, 2.05) is 0 Å². The molecule has 7 heteroatoms. The first-order chi connectivity index (χ1) is 12.0. The van der Waals surface area contributed by atoms with Crippen LogP contribution in [-0.4, -0.2) is 31.0 Å². The van der Waals surface area contributed by atoms with E-state index in [4.69, 9.17) is 9.47 Å². The standard InChI is InChI=1S/C18H15BrFNO4/c1-24-12-5-3-10(4-6-12)9-21-16(18(23)25-2)15-13(17(21)22)7-11(20)8-14(15)19/h3-8,16H,9H2,1-2H3/t16-/m1/s1. The van der Waals surface area contributed by atoms with Crippen molar-refractivity contribution in [2.75, 3.05) is 14.2 Å². The molecule has 0 aromatic heterocycles. The first kappa shape index (κ1) is 17.4. The summed E-state index contributed by atoms with van der Waals surface area (Å²) in [5, 5.41) is 0. The predicted molar refractivity (Wildman–Crippen MR) is 91.7 cm³/mol. The molecular formula is C18H15BrFNO4. The Morgan fingerprint density at radius 2 is 1.92 bits per heavy atom. The van der Waals surface area contributed by atoms with Crippen LogP contribution in [0, 0.1) is 5.82 Å². The van der Waals surface area contributed by atoms with Crippen molar-refractivity contribution < 1.29 is 23.5 Å². The number of benzene rings is 2. The molecule has 0 radical (unpaired) electrons. The van der Waals surface area contributed by atoms with Gasteiger partial charge in [-0.1, -0.05) is 28.1 Å². The molecule has 0 saturated carbocycles. The zero-order valence-corrected chi connectivity index (χ0v) is 15.2. The minimum Gasteiger partial charge on any atom is -0.497 e. The molecule has 0 bridgehead atoms. The van der Waals surface area contributed by atoms with Gasteiger partial charge in [0.05, 0.1) is 14.2 Å². The highest BCUT2D eigenvalue weighted by molar-refractivity contribution is 9.10. The smallest absolute Gasteiger partial charge is 0.333 e. The lowest BCUT2D eigenvalue weighted by Crippen LogP contribution is -2.33. The zero-order chi connectivity index (χ0) is 18.1. The molecule has 0 saturated heterocycles. The van der Waals surface area contributed by atoms with Gasteiger partial charge in [0, 0.05) is 22.1 Å². The first-order valence-electron chi connectivity index (χ1n) is 7.47. The second-order valence-electron chi connectivity index (χ2n) is 5.56. The molecule has 0 unspecified atom stereocenters. The van der Waals surface area contributed by atoms with Gasteiger partial charge >= 0.3 is 5.97 Å². The molecule has 1 aliphatic heterocycles. The molecule has 0 aliphatic carbocycles. The number of nitrogens with zero attached hydrogens (tertiary/aromatic N) is 1. The average Bonchev–Trinajstić information content (AvgIpc) is 2.88. The Labute approximate surface area is 152 Å². The number of ether oxygens (including phenoxy) is 2. The molecule has 25 heavy (non-hydrogen) atoms. The minimum atomic E-state index is -0.926. The Hall–Kier alpha value is -2.41. The fourth-order valence-corrected chi connectivity index (χ4v) is 3.56. The lowest BCUT2D eigenvalue weighted by molar-refractivity contribution is -0.146. The Kier molecular flexibility index (Phi) is 4.76. The normalized spacial score (nSPS) is 15.9. The maximum absolute atomic E-state index is 13.7. The molecule has 1 amide bonds. The van der Waals surface area contributed by atoms with Crippen molar-refractivity contribution in [3.63, 3.8) is 0 Å². The van der Waals surface area contributed by atoms with Gasteiger partial charge in [0.1, 0.15) is 11.6 Å². The van der Waals surface area contributed by atoms with Gasteiger partial charge in [0.25, 0.3) is 5.91 Å². The molecule has 1 atom stereocenters. The number of hydrogen-bond donors (Lipinski definition) is 0.